The van der Waals surface area contributed by atoms with E-state index in [4.69, 9.17) is 14.2 Å². The van der Waals surface area contributed by atoms with Crippen LogP contribution in [0.1, 0.15) is 37.8 Å². The number of thiazole rings is 1. The molecule has 0 unspecified atom stereocenters. The maximum absolute atomic E-state index is 12.5. The summed E-state index contributed by atoms with van der Waals surface area (Å²) in [6.45, 7) is 6.76. The van der Waals surface area contributed by atoms with E-state index < -0.39 is 23.3 Å². The number of aryl methyl sites for hydroxylation is 2. The molecule has 8 heteroatoms. The Morgan fingerprint density at radius 2 is 1.46 bits per heavy atom. The lowest BCUT2D eigenvalue weighted by Gasteiger charge is -2.26. The van der Waals surface area contributed by atoms with Gasteiger partial charge in [-0.3, -0.25) is 14.4 Å². The first kappa shape index (κ1) is 20.1. The molecule has 0 saturated heterocycles. The lowest BCUT2D eigenvalue weighted by Crippen LogP contribution is -2.49. The fraction of sp³-hybridized carbons (Fsp3) is 0.625. The monoisotopic (exact) mass is 357 g/mol. The largest absolute Gasteiger partial charge is 0.465 e. The number of ether oxygens (including phenoxy) is 3. The number of hydrogen-bond donors (Lipinski definition) is 0. The zero-order chi connectivity index (χ0) is 18.2. The molecule has 0 aliphatic rings. The van der Waals surface area contributed by atoms with Gasteiger partial charge in [0.05, 0.1) is 31.0 Å². The molecule has 0 amide bonds. The van der Waals surface area contributed by atoms with Crippen molar-refractivity contribution in [3.05, 3.63) is 16.1 Å². The highest BCUT2D eigenvalue weighted by atomic mass is 32.1. The van der Waals surface area contributed by atoms with Gasteiger partial charge in [-0.25, -0.2) is 4.98 Å². The molecule has 0 saturated carbocycles. The van der Waals surface area contributed by atoms with Crippen molar-refractivity contribution < 1.29 is 28.6 Å². The Balaban J connectivity index is 3.22. The number of nitrogens with zero attached hydrogens (tertiary/aromatic N) is 1. The highest BCUT2D eigenvalue weighted by molar-refractivity contribution is 7.09. The molecular formula is C16H23NO6S. The number of carbonyl (C=O) groups excluding carboxylic acids is 3. The number of esters is 3. The van der Waals surface area contributed by atoms with E-state index in [-0.39, 0.29) is 26.2 Å². The third-order valence-electron chi connectivity index (χ3n) is 3.44. The summed E-state index contributed by atoms with van der Waals surface area (Å²) in [5.74, 6) is -2.82. The van der Waals surface area contributed by atoms with Crippen LogP contribution in [0.3, 0.4) is 0 Å². The van der Waals surface area contributed by atoms with Crippen LogP contribution < -0.4 is 0 Å². The van der Waals surface area contributed by atoms with Crippen LogP contribution in [0.4, 0.5) is 0 Å². The molecule has 0 bridgehead atoms. The van der Waals surface area contributed by atoms with Crippen molar-refractivity contribution in [2.45, 2.75) is 40.5 Å². The molecule has 0 N–H and O–H groups in total. The highest BCUT2D eigenvalue weighted by Crippen LogP contribution is 2.32. The maximum Gasteiger partial charge on any atom is 0.335 e. The predicted molar refractivity (Wildman–Crippen MR) is 87.5 cm³/mol. The Bertz CT molecular complexity index is 537. The van der Waals surface area contributed by atoms with Crippen molar-refractivity contribution in [1.82, 2.24) is 4.98 Å². The molecule has 1 rings (SSSR count). The first-order valence-corrected chi connectivity index (χ1v) is 8.72. The minimum atomic E-state index is -2.11. The molecule has 1 heterocycles. The standard InChI is InChI=1S/C16H23NO6S/c1-5-21-13(18)16(14(19)22-6-2,15(20)23-7-3)9-8-12-11(4)17-10-24-12/h10H,5-9H2,1-4H3. The van der Waals surface area contributed by atoms with Crippen molar-refractivity contribution >= 4 is 29.2 Å². The fourth-order valence-electron chi connectivity index (χ4n) is 2.19. The quantitative estimate of drug-likeness (QED) is 0.379. The minimum Gasteiger partial charge on any atom is -0.465 e. The van der Waals surface area contributed by atoms with E-state index in [1.165, 1.54) is 11.3 Å². The summed E-state index contributed by atoms with van der Waals surface area (Å²) in [6, 6.07) is 0. The smallest absolute Gasteiger partial charge is 0.335 e. The second-order valence-corrected chi connectivity index (χ2v) is 5.87. The first-order chi connectivity index (χ1) is 11.4. The Hall–Kier alpha value is -1.96. The highest BCUT2D eigenvalue weighted by Gasteiger charge is 2.57. The molecule has 0 atom stereocenters. The summed E-state index contributed by atoms with van der Waals surface area (Å²) in [4.78, 5) is 42.5. The van der Waals surface area contributed by atoms with E-state index in [1.54, 1.807) is 26.3 Å². The minimum absolute atomic E-state index is 0.0407. The number of aromatic nitrogens is 1. The van der Waals surface area contributed by atoms with E-state index in [1.807, 2.05) is 6.92 Å². The van der Waals surface area contributed by atoms with Gasteiger partial charge >= 0.3 is 17.9 Å². The van der Waals surface area contributed by atoms with Gasteiger partial charge in [0.2, 0.25) is 0 Å². The summed E-state index contributed by atoms with van der Waals surface area (Å²) in [5, 5.41) is 0. The van der Waals surface area contributed by atoms with Gasteiger partial charge in [0.1, 0.15) is 0 Å². The van der Waals surface area contributed by atoms with Gasteiger partial charge in [-0.1, -0.05) is 0 Å². The zero-order valence-electron chi connectivity index (χ0n) is 14.4. The van der Waals surface area contributed by atoms with Crippen molar-refractivity contribution in [2.24, 2.45) is 5.41 Å². The van der Waals surface area contributed by atoms with Gasteiger partial charge in [-0.05, 0) is 40.5 Å². The molecule has 1 aromatic rings. The van der Waals surface area contributed by atoms with Crippen LogP contribution in [0.15, 0.2) is 5.51 Å². The molecule has 134 valence electrons. The lowest BCUT2D eigenvalue weighted by atomic mass is 9.82. The second kappa shape index (κ2) is 9.36. The lowest BCUT2D eigenvalue weighted by molar-refractivity contribution is -0.184. The Morgan fingerprint density at radius 3 is 1.79 bits per heavy atom. The topological polar surface area (TPSA) is 91.8 Å². The van der Waals surface area contributed by atoms with Gasteiger partial charge in [-0.15, -0.1) is 11.3 Å². The normalized spacial score (nSPS) is 11.0. The third-order valence-corrected chi connectivity index (χ3v) is 4.44. The van der Waals surface area contributed by atoms with Crippen molar-refractivity contribution in [3.63, 3.8) is 0 Å². The van der Waals surface area contributed by atoms with Gasteiger partial charge in [0, 0.05) is 4.88 Å². The summed E-state index contributed by atoms with van der Waals surface area (Å²) in [5.41, 5.74) is 0.356. The third kappa shape index (κ3) is 4.31. The Labute approximate surface area is 145 Å². The van der Waals surface area contributed by atoms with Crippen LogP contribution in [0.25, 0.3) is 0 Å². The predicted octanol–water partition coefficient (Wildman–Crippen LogP) is 2.06. The molecular weight excluding hydrogens is 334 g/mol. The number of carbonyl (C=O) groups is 3. The average molecular weight is 357 g/mol. The first-order valence-electron chi connectivity index (χ1n) is 7.84. The molecule has 24 heavy (non-hydrogen) atoms. The molecule has 1 aromatic heterocycles. The van der Waals surface area contributed by atoms with Crippen LogP contribution in [0, 0.1) is 12.3 Å². The second-order valence-electron chi connectivity index (χ2n) is 4.93. The summed E-state index contributed by atoms with van der Waals surface area (Å²) >= 11 is 1.40. The van der Waals surface area contributed by atoms with E-state index in [0.717, 1.165) is 10.6 Å². The van der Waals surface area contributed by atoms with Crippen LogP contribution in [0.5, 0.6) is 0 Å². The van der Waals surface area contributed by atoms with Crippen LogP contribution in [0.2, 0.25) is 0 Å². The van der Waals surface area contributed by atoms with Gasteiger partial charge in [0.25, 0.3) is 5.41 Å². The molecule has 0 fully saturated rings. The molecule has 7 nitrogen and oxygen atoms in total. The number of rotatable bonds is 9. The van der Waals surface area contributed by atoms with Gasteiger partial charge in [0.15, 0.2) is 0 Å². The maximum atomic E-state index is 12.5. The summed E-state index contributed by atoms with van der Waals surface area (Å²) in [7, 11) is 0. The van der Waals surface area contributed by atoms with Crippen LogP contribution in [-0.2, 0) is 35.0 Å². The molecule has 0 aromatic carbocycles. The molecule has 0 radical (unpaired) electrons. The zero-order valence-corrected chi connectivity index (χ0v) is 15.2. The van der Waals surface area contributed by atoms with Crippen molar-refractivity contribution in [3.8, 4) is 0 Å². The van der Waals surface area contributed by atoms with E-state index >= 15 is 0 Å². The van der Waals surface area contributed by atoms with E-state index in [0.29, 0.717) is 6.42 Å². The summed E-state index contributed by atoms with van der Waals surface area (Å²) in [6.07, 6.45) is 0.222. The van der Waals surface area contributed by atoms with Crippen molar-refractivity contribution in [1.29, 1.82) is 0 Å². The van der Waals surface area contributed by atoms with Gasteiger partial charge in [-0.2, -0.15) is 0 Å². The van der Waals surface area contributed by atoms with Gasteiger partial charge < -0.3 is 14.2 Å². The summed E-state index contributed by atoms with van der Waals surface area (Å²) < 4.78 is 15.0. The van der Waals surface area contributed by atoms with E-state index in [2.05, 4.69) is 4.98 Å². The van der Waals surface area contributed by atoms with E-state index in [9.17, 15) is 14.4 Å². The number of hydrogen-bond acceptors (Lipinski definition) is 8. The van der Waals surface area contributed by atoms with Crippen LogP contribution >= 0.6 is 11.3 Å². The molecule has 0 aliphatic carbocycles. The molecule has 0 spiro atoms. The average Bonchev–Trinajstić information content (AvgIpc) is 2.94. The Kier molecular flexibility index (Phi) is 7.84. The SMILES string of the molecule is CCOC(=O)C(CCc1scnc1C)(C(=O)OCC)C(=O)OCC. The van der Waals surface area contributed by atoms with Crippen LogP contribution in [-0.4, -0.2) is 42.7 Å². The Morgan fingerprint density at radius 1 is 1.00 bits per heavy atom. The van der Waals surface area contributed by atoms with Crippen molar-refractivity contribution in [2.75, 3.05) is 19.8 Å². The fourth-order valence-corrected chi connectivity index (χ4v) is 2.97. The molecule has 0 aliphatic heterocycles.